The third kappa shape index (κ3) is 5.84. The number of rotatable bonds is 10. The summed E-state index contributed by atoms with van der Waals surface area (Å²) in [6.45, 7) is -1.37. The predicted octanol–water partition coefficient (Wildman–Crippen LogP) is 9.31. The third-order valence-electron chi connectivity index (χ3n) is 5.36. The number of unbranched alkanes of at least 4 members (excludes halogenated alkanes) is 1. The van der Waals surface area contributed by atoms with Gasteiger partial charge in [0.05, 0.1) is 6.61 Å². The minimum absolute atomic E-state index is 0.995. The van der Waals surface area contributed by atoms with Gasteiger partial charge in [-0.1, -0.05) is 0 Å². The van der Waals surface area contributed by atoms with E-state index in [0.717, 1.165) is 0 Å². The van der Waals surface area contributed by atoms with Gasteiger partial charge in [-0.2, -0.15) is 92.2 Å². The van der Waals surface area contributed by atoms with Gasteiger partial charge in [0.15, 0.2) is 0 Å². The van der Waals surface area contributed by atoms with Crippen molar-refractivity contribution in [3.63, 3.8) is 0 Å². The van der Waals surface area contributed by atoms with Gasteiger partial charge in [-0.15, -0.1) is 0 Å². The zero-order valence-corrected chi connectivity index (χ0v) is 18.8. The molecule has 0 aromatic heterocycles. The van der Waals surface area contributed by atoms with Crippen molar-refractivity contribution in [3.8, 4) is 0 Å². The molecule has 22 heteroatoms. The lowest BCUT2D eigenvalue weighted by molar-refractivity contribution is -0.362. The first-order valence-corrected chi connectivity index (χ1v) is 10.0. The van der Waals surface area contributed by atoms with Crippen LogP contribution in [0, 0.1) is 0 Å². The summed E-state index contributed by atoms with van der Waals surface area (Å²) in [7, 11) is 0. The summed E-state index contributed by atoms with van der Waals surface area (Å²) in [6, 6.07) is -3.42. The van der Waals surface area contributed by atoms with Gasteiger partial charge in [0, 0.05) is 16.7 Å². The molecule has 0 heterocycles. The quantitative estimate of drug-likeness (QED) is 0.177. The topological polar surface area (TPSA) is 19.9 Å². The number of hydrogen-bond acceptors (Lipinski definition) is 0. The highest BCUT2D eigenvalue weighted by molar-refractivity contribution is 5.48. The van der Waals surface area contributed by atoms with Gasteiger partial charge < -0.3 is 0 Å². The number of hydrogen-bond donors (Lipinski definition) is 0. The zero-order valence-electron chi connectivity index (χ0n) is 18.8. The molecule has 0 amide bonds. The molecular weight excluding hydrogens is 643 g/mol. The van der Waals surface area contributed by atoms with E-state index in [1.54, 1.807) is 0 Å². The molecular formula is C19H10F21O. The lowest BCUT2D eigenvalue weighted by Crippen LogP contribution is -2.53. The Labute approximate surface area is 212 Å². The van der Waals surface area contributed by atoms with Crippen molar-refractivity contribution in [1.82, 2.24) is 0 Å². The Kier molecular flexibility index (Phi) is 9.37. The van der Waals surface area contributed by atoms with Crippen LogP contribution in [0.4, 0.5) is 92.2 Å². The second kappa shape index (κ2) is 10.5. The van der Waals surface area contributed by atoms with Crippen molar-refractivity contribution in [1.29, 1.82) is 0 Å². The highest BCUT2D eigenvalue weighted by Crippen LogP contribution is 2.59. The van der Waals surface area contributed by atoms with Gasteiger partial charge >= 0.3 is 54.1 Å². The van der Waals surface area contributed by atoms with Crippen LogP contribution in [-0.2, 0) is 29.3 Å². The summed E-state index contributed by atoms with van der Waals surface area (Å²) < 4.78 is 283. The number of benzene rings is 1. The smallest absolute Gasteiger partial charge is 0.237 e. The summed E-state index contributed by atoms with van der Waals surface area (Å²) in [5, 5.41) is 10.5. The minimum atomic E-state index is -7.62. The van der Waals surface area contributed by atoms with Crippen molar-refractivity contribution in [3.05, 3.63) is 34.4 Å². The van der Waals surface area contributed by atoms with E-state index in [1.165, 1.54) is 0 Å². The van der Waals surface area contributed by atoms with Gasteiger partial charge in [0.1, 0.15) is 0 Å². The number of alkyl halides is 21. The Morgan fingerprint density at radius 3 is 1.00 bits per heavy atom. The van der Waals surface area contributed by atoms with Crippen LogP contribution in [0.3, 0.4) is 0 Å². The SMILES string of the molecule is [O]CCCCc1c(C(F)(F)C(F)(F)C(F)(F)F)cc(C(F)(F)C(F)(F)C(F)(F)F)cc1C(F)(F)C(F)(F)C(F)(F)F. The predicted molar refractivity (Wildman–Crippen MR) is 89.6 cm³/mol. The van der Waals surface area contributed by atoms with Crippen molar-refractivity contribution in [2.24, 2.45) is 0 Å². The summed E-state index contributed by atoms with van der Waals surface area (Å²) >= 11 is 0. The largest absolute Gasteiger partial charge is 0.460 e. The van der Waals surface area contributed by atoms with E-state index < -0.39 is 114 Å². The Balaban J connectivity index is 4.53. The van der Waals surface area contributed by atoms with Crippen molar-refractivity contribution >= 4 is 0 Å². The van der Waals surface area contributed by atoms with E-state index in [1.807, 2.05) is 0 Å². The van der Waals surface area contributed by atoms with E-state index in [2.05, 4.69) is 0 Å². The molecule has 1 nitrogen and oxygen atoms in total. The second-order valence-electron chi connectivity index (χ2n) is 8.15. The monoisotopic (exact) mass is 653 g/mol. The highest BCUT2D eigenvalue weighted by Gasteiger charge is 2.78. The summed E-state index contributed by atoms with van der Waals surface area (Å²) in [5.41, 5.74) is -13.9. The maximum atomic E-state index is 14.6. The number of halogens is 21. The van der Waals surface area contributed by atoms with Crippen molar-refractivity contribution in [2.75, 3.05) is 6.61 Å². The molecule has 0 N–H and O–H groups in total. The fourth-order valence-electron chi connectivity index (χ4n) is 3.14. The average molecular weight is 653 g/mol. The highest BCUT2D eigenvalue weighted by atomic mass is 19.4. The van der Waals surface area contributed by atoms with Crippen LogP contribution in [0.25, 0.3) is 0 Å². The first kappa shape index (κ1) is 36.7. The van der Waals surface area contributed by atoms with E-state index in [0.29, 0.717) is 0 Å². The Morgan fingerprint density at radius 1 is 0.439 bits per heavy atom. The molecule has 1 aromatic carbocycles. The minimum Gasteiger partial charge on any atom is -0.237 e. The van der Waals surface area contributed by atoms with Gasteiger partial charge in [0.2, 0.25) is 0 Å². The third-order valence-corrected chi connectivity index (χ3v) is 5.36. The van der Waals surface area contributed by atoms with Crippen LogP contribution in [0.2, 0.25) is 0 Å². The summed E-state index contributed by atoms with van der Waals surface area (Å²) in [5.74, 6) is -44.6. The molecule has 1 rings (SSSR count). The zero-order chi connectivity index (χ0) is 33.1. The molecule has 0 aliphatic rings. The molecule has 0 aliphatic heterocycles. The molecule has 0 unspecified atom stereocenters. The second-order valence-corrected chi connectivity index (χ2v) is 8.15. The van der Waals surface area contributed by atoms with E-state index in [4.69, 9.17) is 0 Å². The summed E-state index contributed by atoms with van der Waals surface area (Å²) in [4.78, 5) is 0. The van der Waals surface area contributed by atoms with Gasteiger partial charge in [0.25, 0.3) is 0 Å². The lowest BCUT2D eigenvalue weighted by Gasteiger charge is -2.35. The Morgan fingerprint density at radius 2 is 0.732 bits per heavy atom. The van der Waals surface area contributed by atoms with Crippen LogP contribution in [0.15, 0.2) is 12.1 Å². The molecule has 0 saturated carbocycles. The fraction of sp³-hybridized carbons (Fsp3) is 0.684. The Bertz CT molecular complexity index is 1020. The molecule has 0 saturated heterocycles. The molecule has 239 valence electrons. The van der Waals surface area contributed by atoms with Crippen LogP contribution >= 0.6 is 0 Å². The molecule has 1 aromatic rings. The van der Waals surface area contributed by atoms with E-state index >= 15 is 0 Å². The first-order valence-electron chi connectivity index (χ1n) is 10.0. The first-order chi connectivity index (χ1) is 17.8. The molecule has 0 aliphatic carbocycles. The van der Waals surface area contributed by atoms with E-state index in [9.17, 15) is 97.3 Å². The van der Waals surface area contributed by atoms with Gasteiger partial charge in [-0.05, 0) is 37.0 Å². The normalized spacial score (nSPS) is 15.5. The van der Waals surface area contributed by atoms with Crippen LogP contribution in [-0.4, -0.2) is 42.9 Å². The molecule has 0 fully saturated rings. The standard InChI is InChI=1S/C19H10F21O/c20-11(21,14(26,27)17(32,33)34)7-5-9(12(22,23)15(28,29)18(35,36)37)8(3-1-2-4-41)10(6-7)13(24,25)16(30,31)19(38,39)40/h5-6H,1-4H2. The van der Waals surface area contributed by atoms with Crippen LogP contribution in [0.5, 0.6) is 0 Å². The summed E-state index contributed by atoms with van der Waals surface area (Å²) in [6.07, 6.45) is -26.8. The van der Waals surface area contributed by atoms with E-state index in [-0.39, 0.29) is 0 Å². The van der Waals surface area contributed by atoms with Gasteiger partial charge in [-0.3, -0.25) is 0 Å². The lowest BCUT2D eigenvalue weighted by atomic mass is 9.82. The molecule has 0 atom stereocenters. The fourth-order valence-corrected chi connectivity index (χ4v) is 3.14. The average Bonchev–Trinajstić information content (AvgIpc) is 2.76. The maximum Gasteiger partial charge on any atom is 0.460 e. The molecule has 41 heavy (non-hydrogen) atoms. The molecule has 0 bridgehead atoms. The molecule has 0 spiro atoms. The Hall–Kier alpha value is -2.29. The van der Waals surface area contributed by atoms with Gasteiger partial charge in [-0.25, -0.2) is 5.11 Å². The van der Waals surface area contributed by atoms with Crippen molar-refractivity contribution in [2.45, 2.75) is 73.3 Å². The van der Waals surface area contributed by atoms with Crippen LogP contribution in [0.1, 0.15) is 35.1 Å². The van der Waals surface area contributed by atoms with Crippen molar-refractivity contribution < 1.29 is 97.3 Å². The van der Waals surface area contributed by atoms with Crippen LogP contribution < -0.4 is 0 Å². The maximum absolute atomic E-state index is 14.6. The molecule has 1 radical (unpaired) electrons.